The molecule has 0 radical (unpaired) electrons. The number of rotatable bonds is 7. The highest BCUT2D eigenvalue weighted by Crippen LogP contribution is 2.36. The molecule has 1 rings (SSSR count). The van der Waals surface area contributed by atoms with Gasteiger partial charge >= 0.3 is 0 Å². The first-order chi connectivity index (χ1) is 8.54. The zero-order valence-electron chi connectivity index (χ0n) is 12.5. The molecule has 3 heteroatoms. The van der Waals surface area contributed by atoms with Crippen molar-refractivity contribution in [1.29, 1.82) is 0 Å². The molecule has 0 aromatic rings. The Bertz CT molecular complexity index is 223. The molecule has 1 saturated carbocycles. The van der Waals surface area contributed by atoms with Crippen molar-refractivity contribution in [1.82, 2.24) is 4.90 Å². The quantitative estimate of drug-likeness (QED) is 0.735. The molecule has 0 aromatic carbocycles. The Hall–Kier alpha value is -0.120. The zero-order valence-corrected chi connectivity index (χ0v) is 12.5. The van der Waals surface area contributed by atoms with Gasteiger partial charge < -0.3 is 10.8 Å². The summed E-state index contributed by atoms with van der Waals surface area (Å²) in [6, 6.07) is 0. The van der Waals surface area contributed by atoms with E-state index in [2.05, 4.69) is 18.7 Å². The number of nitrogens with two attached hydrogens (primary N) is 1. The number of nitrogens with zero attached hydrogens (tertiary/aromatic N) is 1. The van der Waals surface area contributed by atoms with Crippen molar-refractivity contribution < 1.29 is 5.11 Å². The van der Waals surface area contributed by atoms with E-state index in [4.69, 9.17) is 5.73 Å². The summed E-state index contributed by atoms with van der Waals surface area (Å²) in [5.74, 6) is 0.852. The van der Waals surface area contributed by atoms with Gasteiger partial charge in [-0.2, -0.15) is 0 Å². The van der Waals surface area contributed by atoms with Crippen LogP contribution in [0.1, 0.15) is 59.3 Å². The van der Waals surface area contributed by atoms with Gasteiger partial charge in [0.05, 0.1) is 6.10 Å². The minimum Gasteiger partial charge on any atom is -0.393 e. The molecule has 1 aliphatic rings. The van der Waals surface area contributed by atoms with E-state index in [1.807, 2.05) is 6.92 Å². The van der Waals surface area contributed by atoms with E-state index in [-0.39, 0.29) is 11.6 Å². The van der Waals surface area contributed by atoms with Gasteiger partial charge in [0, 0.05) is 18.6 Å². The molecule has 0 aliphatic heterocycles. The summed E-state index contributed by atoms with van der Waals surface area (Å²) in [6.07, 6.45) is 6.86. The largest absolute Gasteiger partial charge is 0.393 e. The van der Waals surface area contributed by atoms with Crippen LogP contribution in [0.25, 0.3) is 0 Å². The lowest BCUT2D eigenvalue weighted by Crippen LogP contribution is -2.56. The molecule has 0 bridgehead atoms. The Balaban J connectivity index is 2.66. The lowest BCUT2D eigenvalue weighted by Gasteiger charge is -2.47. The molecule has 0 aromatic heterocycles. The molecule has 3 N–H and O–H groups in total. The van der Waals surface area contributed by atoms with Crippen LogP contribution in [-0.4, -0.2) is 41.3 Å². The molecule has 108 valence electrons. The van der Waals surface area contributed by atoms with Crippen molar-refractivity contribution in [3.05, 3.63) is 0 Å². The maximum atomic E-state index is 9.51. The van der Waals surface area contributed by atoms with Crippen molar-refractivity contribution in [3.63, 3.8) is 0 Å². The van der Waals surface area contributed by atoms with Gasteiger partial charge in [-0.05, 0) is 57.9 Å². The lowest BCUT2D eigenvalue weighted by molar-refractivity contribution is 0.0327. The van der Waals surface area contributed by atoms with Gasteiger partial charge in [0.15, 0.2) is 0 Å². The third-order valence-electron chi connectivity index (χ3n) is 4.57. The standard InChI is InChI=1S/C15H32N2O/c1-4-10-17(11-7-14(3)18)15(12-16)8-5-13(2)6-9-15/h13-14,18H,4-12,16H2,1-3H3. The van der Waals surface area contributed by atoms with E-state index < -0.39 is 0 Å². The Morgan fingerprint density at radius 2 is 1.94 bits per heavy atom. The summed E-state index contributed by atoms with van der Waals surface area (Å²) in [4.78, 5) is 2.56. The summed E-state index contributed by atoms with van der Waals surface area (Å²) in [5.41, 5.74) is 6.32. The fourth-order valence-electron chi connectivity index (χ4n) is 3.15. The van der Waals surface area contributed by atoms with Crippen LogP contribution in [0, 0.1) is 5.92 Å². The third kappa shape index (κ3) is 4.22. The number of hydrogen-bond acceptors (Lipinski definition) is 3. The molecule has 0 heterocycles. The highest BCUT2D eigenvalue weighted by molar-refractivity contribution is 4.95. The topological polar surface area (TPSA) is 49.5 Å². The maximum absolute atomic E-state index is 9.51. The van der Waals surface area contributed by atoms with Crippen LogP contribution in [0.3, 0.4) is 0 Å². The van der Waals surface area contributed by atoms with Gasteiger partial charge in [0.2, 0.25) is 0 Å². The van der Waals surface area contributed by atoms with Gasteiger partial charge in [0.1, 0.15) is 0 Å². The summed E-state index contributed by atoms with van der Waals surface area (Å²) in [5, 5.41) is 9.51. The van der Waals surface area contributed by atoms with Crippen LogP contribution in [0.15, 0.2) is 0 Å². The number of aliphatic hydroxyl groups excluding tert-OH is 1. The average molecular weight is 256 g/mol. The molecule has 0 amide bonds. The smallest absolute Gasteiger partial charge is 0.0524 e. The van der Waals surface area contributed by atoms with Crippen molar-refractivity contribution in [3.8, 4) is 0 Å². The Kier molecular flexibility index (Phi) is 6.61. The van der Waals surface area contributed by atoms with Crippen LogP contribution in [0.2, 0.25) is 0 Å². The van der Waals surface area contributed by atoms with E-state index in [1.54, 1.807) is 0 Å². The van der Waals surface area contributed by atoms with Gasteiger partial charge in [-0.25, -0.2) is 0 Å². The van der Waals surface area contributed by atoms with E-state index in [9.17, 15) is 5.11 Å². The van der Waals surface area contributed by atoms with Gasteiger partial charge in [-0.15, -0.1) is 0 Å². The van der Waals surface area contributed by atoms with E-state index in [0.29, 0.717) is 0 Å². The second kappa shape index (κ2) is 7.46. The molecular formula is C15H32N2O. The van der Waals surface area contributed by atoms with Crippen LogP contribution in [0.5, 0.6) is 0 Å². The van der Waals surface area contributed by atoms with Crippen molar-refractivity contribution in [2.45, 2.75) is 70.9 Å². The normalized spacial score (nSPS) is 30.7. The summed E-state index contributed by atoms with van der Waals surface area (Å²) < 4.78 is 0. The van der Waals surface area contributed by atoms with Crippen LogP contribution in [-0.2, 0) is 0 Å². The maximum Gasteiger partial charge on any atom is 0.0524 e. The molecule has 18 heavy (non-hydrogen) atoms. The van der Waals surface area contributed by atoms with Crippen LogP contribution < -0.4 is 5.73 Å². The summed E-state index contributed by atoms with van der Waals surface area (Å²) in [6.45, 7) is 9.31. The van der Waals surface area contributed by atoms with E-state index in [0.717, 1.165) is 38.4 Å². The first-order valence-electron chi connectivity index (χ1n) is 7.67. The monoisotopic (exact) mass is 256 g/mol. The van der Waals surface area contributed by atoms with Gasteiger partial charge in [-0.1, -0.05) is 13.8 Å². The Labute approximate surface area is 113 Å². The Morgan fingerprint density at radius 1 is 1.33 bits per heavy atom. The zero-order chi connectivity index (χ0) is 13.6. The fourth-order valence-corrected chi connectivity index (χ4v) is 3.15. The predicted molar refractivity (Wildman–Crippen MR) is 77.6 cm³/mol. The molecule has 0 saturated heterocycles. The number of aliphatic hydroxyl groups is 1. The van der Waals surface area contributed by atoms with Gasteiger partial charge in [-0.3, -0.25) is 4.90 Å². The highest BCUT2D eigenvalue weighted by Gasteiger charge is 2.37. The number of hydrogen-bond donors (Lipinski definition) is 2. The summed E-state index contributed by atoms with van der Waals surface area (Å²) >= 11 is 0. The minimum atomic E-state index is -0.207. The summed E-state index contributed by atoms with van der Waals surface area (Å²) in [7, 11) is 0. The van der Waals surface area contributed by atoms with Crippen molar-refractivity contribution in [2.75, 3.05) is 19.6 Å². The first kappa shape index (κ1) is 15.9. The second-order valence-corrected chi connectivity index (χ2v) is 6.24. The van der Waals surface area contributed by atoms with E-state index >= 15 is 0 Å². The minimum absolute atomic E-state index is 0.206. The first-order valence-corrected chi connectivity index (χ1v) is 7.67. The fraction of sp³-hybridized carbons (Fsp3) is 1.00. The lowest BCUT2D eigenvalue weighted by atomic mass is 9.75. The molecular weight excluding hydrogens is 224 g/mol. The molecule has 0 spiro atoms. The predicted octanol–water partition coefficient (Wildman–Crippen LogP) is 2.38. The van der Waals surface area contributed by atoms with Gasteiger partial charge in [0.25, 0.3) is 0 Å². The molecule has 1 unspecified atom stereocenters. The van der Waals surface area contributed by atoms with Crippen LogP contribution in [0.4, 0.5) is 0 Å². The third-order valence-corrected chi connectivity index (χ3v) is 4.57. The highest BCUT2D eigenvalue weighted by atomic mass is 16.3. The molecule has 1 atom stereocenters. The SMILES string of the molecule is CCCN(CCC(C)O)C1(CN)CCC(C)CC1. The van der Waals surface area contributed by atoms with Crippen LogP contribution >= 0.6 is 0 Å². The van der Waals surface area contributed by atoms with Crippen molar-refractivity contribution in [2.24, 2.45) is 11.7 Å². The second-order valence-electron chi connectivity index (χ2n) is 6.24. The van der Waals surface area contributed by atoms with E-state index in [1.165, 1.54) is 25.7 Å². The van der Waals surface area contributed by atoms with Crippen molar-refractivity contribution >= 4 is 0 Å². The average Bonchev–Trinajstić information content (AvgIpc) is 2.36. The Morgan fingerprint density at radius 3 is 2.39 bits per heavy atom. The molecule has 3 nitrogen and oxygen atoms in total. The molecule has 1 aliphatic carbocycles. The molecule has 1 fully saturated rings.